The lowest BCUT2D eigenvalue weighted by Crippen LogP contribution is -2.52. The number of carbonyl (C=O) groups excluding carboxylic acids is 2. The molecule has 8 nitrogen and oxygen atoms in total. The second-order valence-corrected chi connectivity index (χ2v) is 9.86. The summed E-state index contributed by atoms with van der Waals surface area (Å²) in [5.41, 5.74) is 1.93. The summed E-state index contributed by atoms with van der Waals surface area (Å²) in [6.45, 7) is 4.98. The molecule has 1 aliphatic heterocycles. The van der Waals surface area contributed by atoms with Crippen LogP contribution in [0.5, 0.6) is 0 Å². The quantitative estimate of drug-likeness (QED) is 0.687. The van der Waals surface area contributed by atoms with Crippen LogP contribution in [0.3, 0.4) is 0 Å². The number of rotatable bonds is 7. The summed E-state index contributed by atoms with van der Waals surface area (Å²) in [5.74, 6) is 0.0468. The Morgan fingerprint density at radius 1 is 0.969 bits per heavy atom. The molecule has 1 fully saturated rings. The van der Waals surface area contributed by atoms with Gasteiger partial charge in [-0.25, -0.2) is 13.2 Å². The zero-order valence-corrected chi connectivity index (χ0v) is 19.2. The molecular weight excluding hydrogens is 430 g/mol. The highest BCUT2D eigenvalue weighted by Crippen LogP contribution is 2.21. The van der Waals surface area contributed by atoms with Crippen molar-refractivity contribution < 1.29 is 22.7 Å². The Bertz CT molecular complexity index is 1020. The fraction of sp³-hybridized carbons (Fsp3) is 0.391. The molecule has 1 N–H and O–H groups in total. The number of hydrogen-bond donors (Lipinski definition) is 1. The van der Waals surface area contributed by atoms with E-state index in [2.05, 4.69) is 19.2 Å². The smallest absolute Gasteiger partial charge is 0.407 e. The van der Waals surface area contributed by atoms with E-state index in [4.69, 9.17) is 4.74 Å². The van der Waals surface area contributed by atoms with E-state index in [0.717, 1.165) is 11.1 Å². The van der Waals surface area contributed by atoms with Gasteiger partial charge in [-0.15, -0.1) is 0 Å². The van der Waals surface area contributed by atoms with Gasteiger partial charge in [-0.2, -0.15) is 4.31 Å². The van der Waals surface area contributed by atoms with Crippen LogP contribution in [0.15, 0.2) is 59.5 Å². The maximum Gasteiger partial charge on any atom is 0.407 e. The molecule has 2 amide bonds. The van der Waals surface area contributed by atoms with E-state index >= 15 is 0 Å². The highest BCUT2D eigenvalue weighted by molar-refractivity contribution is 7.89. The van der Waals surface area contributed by atoms with Gasteiger partial charge in [0.2, 0.25) is 15.9 Å². The summed E-state index contributed by atoms with van der Waals surface area (Å²) in [6.07, 6.45) is -0.673. The van der Waals surface area contributed by atoms with Crippen LogP contribution < -0.4 is 5.32 Å². The zero-order valence-electron chi connectivity index (χ0n) is 18.4. The molecule has 0 aromatic heterocycles. The normalized spacial score (nSPS) is 14.9. The van der Waals surface area contributed by atoms with Crippen molar-refractivity contribution in [1.82, 2.24) is 14.5 Å². The van der Waals surface area contributed by atoms with E-state index in [1.165, 1.54) is 4.31 Å². The van der Waals surface area contributed by atoms with E-state index in [1.54, 1.807) is 17.0 Å². The average molecular weight is 460 g/mol. The Kier molecular flexibility index (Phi) is 7.87. The van der Waals surface area contributed by atoms with Crippen LogP contribution in [0.4, 0.5) is 4.79 Å². The maximum absolute atomic E-state index is 12.9. The fourth-order valence-electron chi connectivity index (χ4n) is 3.39. The maximum atomic E-state index is 12.9. The lowest BCUT2D eigenvalue weighted by atomic mass is 10.0. The van der Waals surface area contributed by atoms with Gasteiger partial charge in [0.25, 0.3) is 0 Å². The lowest BCUT2D eigenvalue weighted by molar-refractivity contribution is -0.131. The van der Waals surface area contributed by atoms with Crippen LogP contribution in [0.25, 0.3) is 0 Å². The molecule has 0 aliphatic carbocycles. The summed E-state index contributed by atoms with van der Waals surface area (Å²) in [7, 11) is -3.61. The number of amides is 2. The molecule has 0 saturated carbocycles. The Labute approximate surface area is 189 Å². The van der Waals surface area contributed by atoms with Crippen molar-refractivity contribution in [2.45, 2.75) is 31.3 Å². The van der Waals surface area contributed by atoms with Crippen molar-refractivity contribution in [1.29, 1.82) is 0 Å². The third-order valence-electron chi connectivity index (χ3n) is 5.37. The van der Waals surface area contributed by atoms with Gasteiger partial charge in [0.15, 0.2) is 0 Å². The van der Waals surface area contributed by atoms with Gasteiger partial charge in [-0.1, -0.05) is 56.3 Å². The average Bonchev–Trinajstić information content (AvgIpc) is 2.82. The fourth-order valence-corrected chi connectivity index (χ4v) is 4.81. The first-order valence-corrected chi connectivity index (χ1v) is 12.0. The Hall–Kier alpha value is -2.91. The van der Waals surface area contributed by atoms with Crippen LogP contribution in [0.2, 0.25) is 0 Å². The Morgan fingerprint density at radius 3 is 2.19 bits per heavy atom. The first-order valence-electron chi connectivity index (χ1n) is 10.6. The van der Waals surface area contributed by atoms with E-state index in [1.807, 2.05) is 42.5 Å². The van der Waals surface area contributed by atoms with Crippen LogP contribution in [0, 0.1) is 0 Å². The first-order chi connectivity index (χ1) is 15.3. The number of alkyl carbamates (subject to hydrolysis) is 1. The first kappa shape index (κ1) is 23.7. The van der Waals surface area contributed by atoms with Crippen LogP contribution in [-0.4, -0.2) is 62.3 Å². The molecule has 2 aromatic carbocycles. The molecule has 2 aromatic rings. The molecule has 1 saturated heterocycles. The molecule has 0 spiro atoms. The topological polar surface area (TPSA) is 96.0 Å². The van der Waals surface area contributed by atoms with Gasteiger partial charge in [-0.05, 0) is 29.2 Å². The standard InChI is InChI=1S/C23H29N3O5S/c1-18(2)20-8-10-21(11-9-20)32(29,30)26-14-12-25(13-15-26)22(27)16-24-23(28)31-17-19-6-4-3-5-7-19/h3-11,18H,12-17H2,1-2H3,(H,24,28). The molecule has 0 unspecified atom stereocenters. The predicted molar refractivity (Wildman–Crippen MR) is 120 cm³/mol. The van der Waals surface area contributed by atoms with E-state index < -0.39 is 16.1 Å². The zero-order chi connectivity index (χ0) is 23.1. The van der Waals surface area contributed by atoms with Crippen molar-refractivity contribution >= 4 is 22.0 Å². The number of nitrogens with zero attached hydrogens (tertiary/aromatic N) is 2. The van der Waals surface area contributed by atoms with Gasteiger partial charge in [0.1, 0.15) is 13.2 Å². The van der Waals surface area contributed by atoms with E-state index in [-0.39, 0.29) is 50.1 Å². The predicted octanol–water partition coefficient (Wildman–Crippen LogP) is 2.57. The van der Waals surface area contributed by atoms with Gasteiger partial charge < -0.3 is 15.0 Å². The van der Waals surface area contributed by atoms with Crippen molar-refractivity contribution in [2.75, 3.05) is 32.7 Å². The Morgan fingerprint density at radius 2 is 1.59 bits per heavy atom. The molecule has 0 bridgehead atoms. The second kappa shape index (κ2) is 10.6. The SMILES string of the molecule is CC(C)c1ccc(S(=O)(=O)N2CCN(C(=O)CNC(=O)OCc3ccccc3)CC2)cc1. The number of benzene rings is 2. The van der Waals surface area contributed by atoms with Crippen LogP contribution in [0.1, 0.15) is 30.9 Å². The van der Waals surface area contributed by atoms with Crippen LogP contribution >= 0.6 is 0 Å². The number of ether oxygens (including phenoxy) is 1. The molecule has 1 heterocycles. The summed E-state index contributed by atoms with van der Waals surface area (Å²) < 4.78 is 32.3. The molecular formula is C23H29N3O5S. The summed E-state index contributed by atoms with van der Waals surface area (Å²) >= 11 is 0. The number of piperazine rings is 1. The van der Waals surface area contributed by atoms with Crippen molar-refractivity contribution in [2.24, 2.45) is 0 Å². The number of carbonyl (C=O) groups is 2. The highest BCUT2D eigenvalue weighted by Gasteiger charge is 2.30. The third kappa shape index (κ3) is 6.08. The monoisotopic (exact) mass is 459 g/mol. The lowest BCUT2D eigenvalue weighted by Gasteiger charge is -2.34. The summed E-state index contributed by atoms with van der Waals surface area (Å²) in [4.78, 5) is 26.0. The van der Waals surface area contributed by atoms with Gasteiger partial charge >= 0.3 is 6.09 Å². The van der Waals surface area contributed by atoms with Crippen molar-refractivity contribution in [3.63, 3.8) is 0 Å². The molecule has 0 atom stereocenters. The molecule has 32 heavy (non-hydrogen) atoms. The molecule has 1 aliphatic rings. The number of sulfonamides is 1. The molecule has 3 rings (SSSR count). The van der Waals surface area contributed by atoms with Crippen molar-refractivity contribution in [3.05, 3.63) is 65.7 Å². The number of nitrogens with one attached hydrogen (secondary N) is 1. The van der Waals surface area contributed by atoms with Gasteiger partial charge in [0.05, 0.1) is 4.90 Å². The van der Waals surface area contributed by atoms with Crippen LogP contribution in [-0.2, 0) is 26.2 Å². The van der Waals surface area contributed by atoms with Gasteiger partial charge in [-0.3, -0.25) is 4.79 Å². The minimum Gasteiger partial charge on any atom is -0.445 e. The largest absolute Gasteiger partial charge is 0.445 e. The molecule has 9 heteroatoms. The van der Waals surface area contributed by atoms with E-state index in [9.17, 15) is 18.0 Å². The van der Waals surface area contributed by atoms with Crippen molar-refractivity contribution in [3.8, 4) is 0 Å². The molecule has 172 valence electrons. The summed E-state index contributed by atoms with van der Waals surface area (Å²) in [6, 6.07) is 16.2. The molecule has 0 radical (unpaired) electrons. The number of hydrogen-bond acceptors (Lipinski definition) is 5. The minimum atomic E-state index is -3.61. The summed E-state index contributed by atoms with van der Waals surface area (Å²) in [5, 5.41) is 2.45. The minimum absolute atomic E-state index is 0.121. The van der Waals surface area contributed by atoms with E-state index in [0.29, 0.717) is 5.92 Å². The second-order valence-electron chi connectivity index (χ2n) is 7.92. The third-order valence-corrected chi connectivity index (χ3v) is 7.29. The van der Waals surface area contributed by atoms with Gasteiger partial charge in [0, 0.05) is 26.2 Å². The Balaban J connectivity index is 1.45. The highest BCUT2D eigenvalue weighted by atomic mass is 32.2.